The van der Waals surface area contributed by atoms with E-state index in [0.29, 0.717) is 12.1 Å². The van der Waals surface area contributed by atoms with Crippen molar-refractivity contribution in [3.05, 3.63) is 29.8 Å². The van der Waals surface area contributed by atoms with Crippen molar-refractivity contribution in [1.82, 2.24) is 5.32 Å². The van der Waals surface area contributed by atoms with Gasteiger partial charge in [-0.1, -0.05) is 26.0 Å². The van der Waals surface area contributed by atoms with Crippen molar-refractivity contribution in [3.63, 3.8) is 0 Å². The summed E-state index contributed by atoms with van der Waals surface area (Å²) in [6.45, 7) is 5.69. The number of hydrogen-bond acceptors (Lipinski definition) is 3. The van der Waals surface area contributed by atoms with Crippen LogP contribution in [0.5, 0.6) is 0 Å². The van der Waals surface area contributed by atoms with Crippen molar-refractivity contribution in [1.29, 1.82) is 0 Å². The van der Waals surface area contributed by atoms with Crippen LogP contribution in [0.1, 0.15) is 32.3 Å². The molecule has 0 saturated carbocycles. The van der Waals surface area contributed by atoms with Crippen LogP contribution in [-0.2, 0) is 16.6 Å². The van der Waals surface area contributed by atoms with E-state index in [1.807, 2.05) is 25.1 Å². The Morgan fingerprint density at radius 1 is 1.17 bits per heavy atom. The smallest absolute Gasteiger partial charge is 0.232 e. The van der Waals surface area contributed by atoms with Gasteiger partial charge in [-0.3, -0.25) is 4.72 Å². The Hall–Kier alpha value is -1.07. The van der Waals surface area contributed by atoms with Crippen molar-refractivity contribution in [2.24, 2.45) is 0 Å². The lowest BCUT2D eigenvalue weighted by Gasteiger charge is -2.09. The summed E-state index contributed by atoms with van der Waals surface area (Å²) in [5.74, 6) is 0.158. The summed E-state index contributed by atoms with van der Waals surface area (Å²) in [5, 5.41) is 3.29. The van der Waals surface area contributed by atoms with Crippen LogP contribution in [0, 0.1) is 0 Å². The van der Waals surface area contributed by atoms with Crippen molar-refractivity contribution >= 4 is 15.7 Å². The molecule has 2 N–H and O–H groups in total. The van der Waals surface area contributed by atoms with Gasteiger partial charge in [0.2, 0.25) is 10.0 Å². The standard InChI is InChI=1S/C13H22N2O2S/c1-3-8-14-11-12-6-5-7-13(10-12)15-18(16,17)9-4-2/h5-7,10,14-15H,3-4,8-9,11H2,1-2H3. The van der Waals surface area contributed by atoms with Crippen LogP contribution in [0.4, 0.5) is 5.69 Å². The predicted molar refractivity (Wildman–Crippen MR) is 76.1 cm³/mol. The third-order valence-electron chi connectivity index (χ3n) is 2.43. The second-order valence-electron chi connectivity index (χ2n) is 4.30. The largest absolute Gasteiger partial charge is 0.313 e. The molecular formula is C13H22N2O2S. The van der Waals surface area contributed by atoms with Crippen molar-refractivity contribution < 1.29 is 8.42 Å². The zero-order valence-electron chi connectivity index (χ0n) is 11.1. The van der Waals surface area contributed by atoms with Crippen LogP contribution in [0.2, 0.25) is 0 Å². The van der Waals surface area contributed by atoms with Crippen LogP contribution >= 0.6 is 0 Å². The van der Waals surface area contributed by atoms with Crippen molar-refractivity contribution in [2.75, 3.05) is 17.0 Å². The van der Waals surface area contributed by atoms with E-state index in [0.717, 1.165) is 25.1 Å². The average Bonchev–Trinajstić information content (AvgIpc) is 2.29. The van der Waals surface area contributed by atoms with Gasteiger partial charge in [-0.25, -0.2) is 8.42 Å². The Kier molecular flexibility index (Phi) is 6.15. The molecule has 0 aliphatic carbocycles. The fraction of sp³-hybridized carbons (Fsp3) is 0.538. The minimum atomic E-state index is -3.20. The molecular weight excluding hydrogens is 248 g/mol. The maximum Gasteiger partial charge on any atom is 0.232 e. The first-order chi connectivity index (χ1) is 8.57. The van der Waals surface area contributed by atoms with Gasteiger partial charge in [0.15, 0.2) is 0 Å². The summed E-state index contributed by atoms with van der Waals surface area (Å²) in [7, 11) is -3.20. The van der Waals surface area contributed by atoms with Gasteiger partial charge in [-0.2, -0.15) is 0 Å². The van der Waals surface area contributed by atoms with E-state index in [9.17, 15) is 8.42 Å². The van der Waals surface area contributed by atoms with E-state index in [4.69, 9.17) is 0 Å². The van der Waals surface area contributed by atoms with Crippen LogP contribution in [-0.4, -0.2) is 20.7 Å². The molecule has 0 unspecified atom stereocenters. The van der Waals surface area contributed by atoms with Gasteiger partial charge in [0.25, 0.3) is 0 Å². The van der Waals surface area contributed by atoms with Gasteiger partial charge in [-0.05, 0) is 37.1 Å². The number of nitrogens with one attached hydrogen (secondary N) is 2. The minimum Gasteiger partial charge on any atom is -0.313 e. The Labute approximate surface area is 110 Å². The molecule has 5 heteroatoms. The van der Waals surface area contributed by atoms with Gasteiger partial charge in [0, 0.05) is 12.2 Å². The number of hydrogen-bond donors (Lipinski definition) is 2. The van der Waals surface area contributed by atoms with E-state index in [1.165, 1.54) is 0 Å². The van der Waals surface area contributed by atoms with Gasteiger partial charge in [-0.15, -0.1) is 0 Å². The lowest BCUT2D eigenvalue weighted by molar-refractivity contribution is 0.600. The highest BCUT2D eigenvalue weighted by Crippen LogP contribution is 2.12. The summed E-state index contributed by atoms with van der Waals surface area (Å²) < 4.78 is 25.9. The molecule has 0 aromatic heterocycles. The average molecular weight is 270 g/mol. The van der Waals surface area contributed by atoms with E-state index in [1.54, 1.807) is 6.07 Å². The Bertz CT molecular complexity index is 458. The normalized spacial score (nSPS) is 11.4. The quantitative estimate of drug-likeness (QED) is 0.713. The third-order valence-corrected chi connectivity index (χ3v) is 3.92. The number of anilines is 1. The van der Waals surface area contributed by atoms with Crippen LogP contribution in [0.25, 0.3) is 0 Å². The zero-order valence-corrected chi connectivity index (χ0v) is 11.9. The summed E-state index contributed by atoms with van der Waals surface area (Å²) in [6.07, 6.45) is 1.70. The molecule has 1 aromatic rings. The molecule has 0 fully saturated rings. The summed E-state index contributed by atoms with van der Waals surface area (Å²) in [4.78, 5) is 0. The molecule has 0 spiro atoms. The molecule has 4 nitrogen and oxygen atoms in total. The molecule has 18 heavy (non-hydrogen) atoms. The lowest BCUT2D eigenvalue weighted by atomic mass is 10.2. The topological polar surface area (TPSA) is 58.2 Å². The molecule has 0 amide bonds. The first-order valence-corrected chi connectivity index (χ1v) is 8.02. The molecule has 0 aliphatic heterocycles. The van der Waals surface area contributed by atoms with Gasteiger partial charge < -0.3 is 5.32 Å². The molecule has 0 saturated heterocycles. The van der Waals surface area contributed by atoms with Crippen LogP contribution in [0.15, 0.2) is 24.3 Å². The fourth-order valence-corrected chi connectivity index (χ4v) is 2.78. The Morgan fingerprint density at radius 3 is 2.61 bits per heavy atom. The summed E-state index contributed by atoms with van der Waals surface area (Å²) >= 11 is 0. The molecule has 102 valence electrons. The van der Waals surface area contributed by atoms with Gasteiger partial charge >= 0.3 is 0 Å². The molecule has 0 atom stereocenters. The molecule has 1 aromatic carbocycles. The van der Waals surface area contributed by atoms with E-state index in [2.05, 4.69) is 17.0 Å². The second kappa shape index (κ2) is 7.38. The number of sulfonamides is 1. The van der Waals surface area contributed by atoms with Crippen LogP contribution in [0.3, 0.4) is 0 Å². The lowest BCUT2D eigenvalue weighted by Crippen LogP contribution is -2.17. The van der Waals surface area contributed by atoms with E-state index in [-0.39, 0.29) is 5.75 Å². The summed E-state index contributed by atoms with van der Waals surface area (Å²) in [5.41, 5.74) is 1.72. The monoisotopic (exact) mass is 270 g/mol. The molecule has 0 bridgehead atoms. The van der Waals surface area contributed by atoms with Gasteiger partial charge in [0.05, 0.1) is 5.75 Å². The fourth-order valence-electron chi connectivity index (χ4n) is 1.65. The van der Waals surface area contributed by atoms with Crippen molar-refractivity contribution in [3.8, 4) is 0 Å². The first-order valence-electron chi connectivity index (χ1n) is 6.37. The van der Waals surface area contributed by atoms with Gasteiger partial charge in [0.1, 0.15) is 0 Å². The third kappa shape index (κ3) is 5.51. The van der Waals surface area contributed by atoms with E-state index < -0.39 is 10.0 Å². The molecule has 1 rings (SSSR count). The Balaban J connectivity index is 2.64. The SMILES string of the molecule is CCCNCc1cccc(NS(=O)(=O)CCC)c1. The highest BCUT2D eigenvalue weighted by atomic mass is 32.2. The first kappa shape index (κ1) is 15.0. The zero-order chi connectivity index (χ0) is 13.4. The highest BCUT2D eigenvalue weighted by Gasteiger charge is 2.08. The predicted octanol–water partition coefficient (Wildman–Crippen LogP) is 2.34. The summed E-state index contributed by atoms with van der Waals surface area (Å²) in [6, 6.07) is 7.50. The van der Waals surface area contributed by atoms with E-state index >= 15 is 0 Å². The van der Waals surface area contributed by atoms with Crippen LogP contribution < -0.4 is 10.0 Å². The number of benzene rings is 1. The minimum absolute atomic E-state index is 0.158. The molecule has 0 heterocycles. The van der Waals surface area contributed by atoms with Crippen molar-refractivity contribution in [2.45, 2.75) is 33.2 Å². The highest BCUT2D eigenvalue weighted by molar-refractivity contribution is 7.92. The Morgan fingerprint density at radius 2 is 1.94 bits per heavy atom. The maximum absolute atomic E-state index is 11.6. The number of rotatable bonds is 8. The second-order valence-corrected chi connectivity index (χ2v) is 6.14. The maximum atomic E-state index is 11.6. The molecule has 0 radical (unpaired) electrons. The molecule has 0 aliphatic rings.